The Kier molecular flexibility index (Phi) is 16.5. The lowest BCUT2D eigenvalue weighted by atomic mass is 9.92. The number of aryl methyl sites for hydroxylation is 1. The number of carbonyl (C=O) groups excluding carboxylic acids is 1. The molecule has 18 heteroatoms. The summed E-state index contributed by atoms with van der Waals surface area (Å²) in [6.07, 6.45) is 10.5. The van der Waals surface area contributed by atoms with Crippen LogP contribution in [-0.4, -0.2) is 83.4 Å². The van der Waals surface area contributed by atoms with Gasteiger partial charge in [0.2, 0.25) is 10.0 Å². The van der Waals surface area contributed by atoms with E-state index < -0.39 is 21.2 Å². The fourth-order valence-corrected chi connectivity index (χ4v) is 10.3. The molecule has 3 aromatic heterocycles. The summed E-state index contributed by atoms with van der Waals surface area (Å²) < 4.78 is 55.7. The first-order valence-corrected chi connectivity index (χ1v) is 27.2. The van der Waals surface area contributed by atoms with Crippen LogP contribution in [0, 0.1) is 11.3 Å². The van der Waals surface area contributed by atoms with E-state index in [1.165, 1.54) is 4.57 Å². The number of rotatable bonds is 20. The Morgan fingerprint density at radius 1 is 0.904 bits per heavy atom. The molecule has 0 spiro atoms. The van der Waals surface area contributed by atoms with Crippen molar-refractivity contribution in [1.82, 2.24) is 25.1 Å². The maximum atomic E-state index is 13.2. The largest absolute Gasteiger partial charge is 0.490 e. The molecule has 8 rings (SSSR count). The number of benzene rings is 3. The number of H-pyrrole nitrogens is 1. The van der Waals surface area contributed by atoms with Crippen molar-refractivity contribution < 1.29 is 32.2 Å². The number of halogens is 1. The third-order valence-electron chi connectivity index (χ3n) is 14.4. The van der Waals surface area contributed by atoms with Crippen molar-refractivity contribution in [2.24, 2.45) is 7.05 Å². The Hall–Kier alpha value is -6.45. The first kappa shape index (κ1) is 52.9. The second kappa shape index (κ2) is 22.8. The number of anilines is 2. The number of aromatic amines is 1. The zero-order chi connectivity index (χ0) is 51.9. The number of sulfonamides is 1. The van der Waals surface area contributed by atoms with Gasteiger partial charge in [0, 0.05) is 66.8 Å². The number of pyridine rings is 1. The highest BCUT2D eigenvalue weighted by Crippen LogP contribution is 2.40. The van der Waals surface area contributed by atoms with Gasteiger partial charge in [-0.1, -0.05) is 37.6 Å². The SMILES string of the molecule is CCC(C)(CCOC(C)(CC)c1cccc(Oc2ccc(NS(=O)(=O)CC)cc2-c2cn(C)c(=O)c3[nH]ccc23)c1)OC1CCN(c2ccc(C(=O)NC3CCC(Oc4ccc(C#N)c(Cl)c4)CC3)nn2)CC1. The van der Waals surface area contributed by atoms with E-state index in [0.717, 1.165) is 69.4 Å². The number of fused-ring (bicyclic) bond motifs is 1. The van der Waals surface area contributed by atoms with Crippen LogP contribution >= 0.6 is 11.6 Å². The molecule has 2 atom stereocenters. The summed E-state index contributed by atoms with van der Waals surface area (Å²) in [6.45, 7) is 12.0. The van der Waals surface area contributed by atoms with E-state index in [0.29, 0.717) is 75.0 Å². The maximum absolute atomic E-state index is 13.2. The topological polar surface area (TPSA) is 203 Å². The Balaban J connectivity index is 0.830. The minimum absolute atomic E-state index is 0.00572. The molecule has 2 fully saturated rings. The molecule has 1 saturated heterocycles. The van der Waals surface area contributed by atoms with Gasteiger partial charge in [-0.25, -0.2) is 8.42 Å². The third kappa shape index (κ3) is 12.7. The van der Waals surface area contributed by atoms with E-state index in [2.05, 4.69) is 63.9 Å². The lowest BCUT2D eigenvalue weighted by Crippen LogP contribution is -2.43. The number of nitriles is 1. The summed E-state index contributed by atoms with van der Waals surface area (Å²) in [7, 11) is -1.89. The molecule has 1 aliphatic carbocycles. The summed E-state index contributed by atoms with van der Waals surface area (Å²) in [6, 6.07) is 25.6. The molecular formula is C55H65ClN8O8S. The molecule has 3 aromatic carbocycles. The van der Waals surface area contributed by atoms with Crippen LogP contribution in [0.4, 0.5) is 11.5 Å². The Labute approximate surface area is 432 Å². The molecule has 0 radical (unpaired) electrons. The molecular weight excluding hydrogens is 968 g/mol. The summed E-state index contributed by atoms with van der Waals surface area (Å²) in [5.74, 6) is 2.09. The smallest absolute Gasteiger partial charge is 0.274 e. The molecule has 1 aliphatic heterocycles. The van der Waals surface area contributed by atoms with Crippen molar-refractivity contribution in [2.75, 3.05) is 35.1 Å². The van der Waals surface area contributed by atoms with Gasteiger partial charge < -0.3 is 38.7 Å². The van der Waals surface area contributed by atoms with Crippen molar-refractivity contribution in [3.8, 4) is 34.4 Å². The van der Waals surface area contributed by atoms with Gasteiger partial charge >= 0.3 is 0 Å². The lowest BCUT2D eigenvalue weighted by molar-refractivity contribution is -0.122. The van der Waals surface area contributed by atoms with Crippen LogP contribution in [0.25, 0.3) is 22.0 Å². The number of piperidine rings is 1. The Morgan fingerprint density at radius 2 is 1.68 bits per heavy atom. The van der Waals surface area contributed by atoms with Gasteiger partial charge in [-0.05, 0) is 145 Å². The summed E-state index contributed by atoms with van der Waals surface area (Å²) >= 11 is 6.18. The first-order chi connectivity index (χ1) is 35.0. The fraction of sp³-hybridized carbons (Fsp3) is 0.436. The molecule has 73 heavy (non-hydrogen) atoms. The van der Waals surface area contributed by atoms with Crippen LogP contribution in [0.1, 0.15) is 114 Å². The number of aromatic nitrogens is 4. The Morgan fingerprint density at radius 3 is 2.37 bits per heavy atom. The fourth-order valence-electron chi connectivity index (χ4n) is 9.50. The average molecular weight is 1030 g/mol. The number of carbonyl (C=O) groups is 1. The van der Waals surface area contributed by atoms with Crippen LogP contribution in [0.3, 0.4) is 0 Å². The van der Waals surface area contributed by atoms with E-state index in [1.54, 1.807) is 68.8 Å². The molecule has 1 saturated carbocycles. The number of ether oxygens (including phenoxy) is 4. The van der Waals surface area contributed by atoms with Crippen molar-refractivity contribution in [1.29, 1.82) is 5.26 Å². The standard InChI is InChI=1S/C55H65ClN8O8S/c1-7-54(4,72-41-24-28-64(29-25-41)50-22-20-48(60-61-50)52(65)59-38-14-18-40(19-15-38)70-43-17-13-36(34-57)47(56)33-43)26-30-69-55(5,8-2)37-11-10-12-42(31-37)71-49-21-16-39(62-73(67,68)9-3)32-45(49)46-35-63(6)53(66)51-44(46)23-27-58-51/h10-13,16-17,20-23,27,31-33,35,38,40-41,58,62H,7-9,14-15,18-19,24-26,28-30H2,1-6H3,(H,59,65). The Bertz CT molecular complexity index is 3120. The summed E-state index contributed by atoms with van der Waals surface area (Å²) in [5, 5.41) is 22.1. The maximum Gasteiger partial charge on any atom is 0.274 e. The predicted octanol–water partition coefficient (Wildman–Crippen LogP) is 10.4. The van der Waals surface area contributed by atoms with Gasteiger partial charge in [-0.15, -0.1) is 10.2 Å². The van der Waals surface area contributed by atoms with Crippen molar-refractivity contribution in [3.05, 3.63) is 123 Å². The van der Waals surface area contributed by atoms with E-state index in [1.807, 2.05) is 36.4 Å². The van der Waals surface area contributed by atoms with Crippen molar-refractivity contribution in [2.45, 2.75) is 122 Å². The van der Waals surface area contributed by atoms with E-state index in [9.17, 15) is 18.0 Å². The van der Waals surface area contributed by atoms with Gasteiger partial charge in [0.1, 0.15) is 28.8 Å². The van der Waals surface area contributed by atoms with E-state index in [-0.39, 0.29) is 41.2 Å². The quantitative estimate of drug-likeness (QED) is 0.0654. The summed E-state index contributed by atoms with van der Waals surface area (Å²) in [4.78, 5) is 31.4. The van der Waals surface area contributed by atoms with Gasteiger partial charge in [0.05, 0.1) is 46.4 Å². The molecule has 4 heterocycles. The zero-order valence-corrected chi connectivity index (χ0v) is 43.9. The number of hydrogen-bond donors (Lipinski definition) is 3. The third-order valence-corrected chi connectivity index (χ3v) is 16.1. The van der Waals surface area contributed by atoms with Crippen LogP contribution in [0.5, 0.6) is 17.2 Å². The van der Waals surface area contributed by atoms with Gasteiger partial charge in [-0.3, -0.25) is 14.3 Å². The number of nitrogens with zero attached hydrogens (tertiary/aromatic N) is 5. The number of amides is 1. The lowest BCUT2D eigenvalue weighted by Gasteiger charge is -2.39. The first-order valence-electron chi connectivity index (χ1n) is 25.2. The molecule has 1 amide bonds. The molecule has 386 valence electrons. The minimum Gasteiger partial charge on any atom is -0.490 e. The highest BCUT2D eigenvalue weighted by Gasteiger charge is 2.33. The van der Waals surface area contributed by atoms with Crippen molar-refractivity contribution in [3.63, 3.8) is 0 Å². The number of hydrogen-bond acceptors (Lipinski definition) is 12. The van der Waals surface area contributed by atoms with Gasteiger partial charge in [0.25, 0.3) is 11.5 Å². The predicted molar refractivity (Wildman–Crippen MR) is 284 cm³/mol. The van der Waals surface area contributed by atoms with E-state index in [4.69, 9.17) is 35.8 Å². The monoisotopic (exact) mass is 1030 g/mol. The normalized spacial score (nSPS) is 18.1. The van der Waals surface area contributed by atoms with Crippen molar-refractivity contribution >= 4 is 49.9 Å². The minimum atomic E-state index is -3.56. The molecule has 2 unspecified atom stereocenters. The van der Waals surface area contributed by atoms with Gasteiger partial charge in [0.15, 0.2) is 11.5 Å². The zero-order valence-electron chi connectivity index (χ0n) is 42.4. The van der Waals surface area contributed by atoms with Crippen LogP contribution in [0.15, 0.2) is 96.1 Å². The van der Waals surface area contributed by atoms with Gasteiger partial charge in [-0.2, -0.15) is 5.26 Å². The summed E-state index contributed by atoms with van der Waals surface area (Å²) in [5.41, 5.74) is 2.52. The molecule has 3 N–H and O–H groups in total. The average Bonchev–Trinajstić information content (AvgIpc) is 3.90. The molecule has 6 aromatic rings. The molecule has 16 nitrogen and oxygen atoms in total. The van der Waals surface area contributed by atoms with Crippen LogP contribution in [-0.2, 0) is 32.1 Å². The highest BCUT2D eigenvalue weighted by atomic mass is 35.5. The van der Waals surface area contributed by atoms with Crippen LogP contribution in [0.2, 0.25) is 5.02 Å². The second-order valence-corrected chi connectivity index (χ2v) is 21.9. The number of nitrogens with one attached hydrogen (secondary N) is 3. The van der Waals surface area contributed by atoms with Crippen LogP contribution < -0.4 is 30.0 Å². The second-order valence-electron chi connectivity index (χ2n) is 19.5. The molecule has 0 bridgehead atoms. The van der Waals surface area contributed by atoms with E-state index >= 15 is 0 Å². The molecule has 2 aliphatic rings. The highest BCUT2D eigenvalue weighted by molar-refractivity contribution is 7.92.